The maximum absolute atomic E-state index is 13.1. The number of carbonyl (C=O) groups is 2. The van der Waals surface area contributed by atoms with Gasteiger partial charge in [0.2, 0.25) is 0 Å². The highest BCUT2D eigenvalue weighted by Crippen LogP contribution is 2.46. The molecule has 0 saturated carbocycles. The van der Waals surface area contributed by atoms with Gasteiger partial charge >= 0.3 is 5.97 Å². The molecule has 5 heteroatoms. The maximum atomic E-state index is 13.1. The van der Waals surface area contributed by atoms with Gasteiger partial charge in [-0.25, -0.2) is 4.79 Å². The van der Waals surface area contributed by atoms with Crippen molar-refractivity contribution in [2.45, 2.75) is 65.7 Å². The van der Waals surface area contributed by atoms with Crippen molar-refractivity contribution in [1.82, 2.24) is 10.3 Å². The Morgan fingerprint density at radius 3 is 2.64 bits per heavy atom. The van der Waals surface area contributed by atoms with Crippen LogP contribution in [-0.2, 0) is 14.3 Å². The number of ketones is 1. The van der Waals surface area contributed by atoms with Crippen LogP contribution in [0.4, 0.5) is 0 Å². The molecule has 0 amide bonds. The van der Waals surface area contributed by atoms with E-state index < -0.39 is 5.92 Å². The van der Waals surface area contributed by atoms with Crippen molar-refractivity contribution in [2.24, 2.45) is 5.41 Å². The van der Waals surface area contributed by atoms with E-state index in [-0.39, 0.29) is 17.2 Å². The van der Waals surface area contributed by atoms with E-state index >= 15 is 0 Å². The quantitative estimate of drug-likeness (QED) is 0.583. The lowest BCUT2D eigenvalue weighted by Crippen LogP contribution is -2.38. The number of nitrogens with zero attached hydrogens (tertiary/aromatic N) is 1. The number of ether oxygens (including phenoxy) is 1. The van der Waals surface area contributed by atoms with Gasteiger partial charge < -0.3 is 10.1 Å². The van der Waals surface area contributed by atoms with E-state index in [1.165, 1.54) is 0 Å². The third-order valence-corrected chi connectivity index (χ3v) is 5.48. The summed E-state index contributed by atoms with van der Waals surface area (Å²) in [4.78, 5) is 30.2. The Bertz CT molecular complexity index is 822. The molecule has 0 saturated heterocycles. The van der Waals surface area contributed by atoms with Crippen molar-refractivity contribution in [3.63, 3.8) is 0 Å². The fourth-order valence-electron chi connectivity index (χ4n) is 4.19. The predicted molar refractivity (Wildman–Crippen MR) is 108 cm³/mol. The number of hydrogen-bond acceptors (Lipinski definition) is 5. The van der Waals surface area contributed by atoms with Crippen LogP contribution in [0, 0.1) is 5.41 Å². The zero-order valence-electron chi connectivity index (χ0n) is 17.3. The molecule has 1 aromatic heterocycles. The summed E-state index contributed by atoms with van der Waals surface area (Å²) in [5.74, 6) is -0.641. The lowest BCUT2D eigenvalue weighted by molar-refractivity contribution is -0.139. The number of Topliss-reactive ketones (excluding diaryl/α,β-unsaturated/α-hetero) is 1. The zero-order valence-corrected chi connectivity index (χ0v) is 17.3. The third-order valence-electron chi connectivity index (χ3n) is 5.48. The summed E-state index contributed by atoms with van der Waals surface area (Å²) in [6, 6.07) is 3.76. The Morgan fingerprint density at radius 1 is 1.25 bits per heavy atom. The summed E-state index contributed by atoms with van der Waals surface area (Å²) in [5, 5.41) is 3.36. The van der Waals surface area contributed by atoms with E-state index in [4.69, 9.17) is 4.74 Å². The van der Waals surface area contributed by atoms with E-state index in [2.05, 4.69) is 31.1 Å². The highest BCUT2D eigenvalue weighted by Gasteiger charge is 2.43. The van der Waals surface area contributed by atoms with Crippen molar-refractivity contribution in [3.8, 4) is 0 Å². The summed E-state index contributed by atoms with van der Waals surface area (Å²) in [7, 11) is 0. The number of unbranched alkanes of at least 4 members (excludes halogenated alkanes) is 2. The van der Waals surface area contributed by atoms with E-state index in [1.54, 1.807) is 12.4 Å². The molecule has 1 aliphatic carbocycles. The monoisotopic (exact) mass is 382 g/mol. The van der Waals surface area contributed by atoms with Crippen molar-refractivity contribution >= 4 is 11.8 Å². The number of hydrogen-bond donors (Lipinski definition) is 1. The molecule has 1 atom stereocenters. The number of rotatable bonds is 6. The van der Waals surface area contributed by atoms with Gasteiger partial charge in [-0.1, -0.05) is 33.6 Å². The molecule has 0 spiro atoms. The Morgan fingerprint density at radius 2 is 1.96 bits per heavy atom. The fraction of sp³-hybridized carbons (Fsp3) is 0.522. The first-order chi connectivity index (χ1) is 13.3. The second kappa shape index (κ2) is 8.29. The second-order valence-electron chi connectivity index (χ2n) is 8.55. The predicted octanol–water partition coefficient (Wildman–Crippen LogP) is 4.42. The van der Waals surface area contributed by atoms with Crippen LogP contribution >= 0.6 is 0 Å². The van der Waals surface area contributed by atoms with Crippen LogP contribution in [0.3, 0.4) is 0 Å². The molecule has 5 nitrogen and oxygen atoms in total. The first kappa shape index (κ1) is 20.3. The average molecular weight is 383 g/mol. The van der Waals surface area contributed by atoms with Gasteiger partial charge in [-0.2, -0.15) is 0 Å². The second-order valence-corrected chi connectivity index (χ2v) is 8.55. The van der Waals surface area contributed by atoms with Crippen molar-refractivity contribution < 1.29 is 14.3 Å². The van der Waals surface area contributed by atoms with Crippen LogP contribution in [0.1, 0.15) is 71.3 Å². The third kappa shape index (κ3) is 4.18. The van der Waals surface area contributed by atoms with E-state index in [9.17, 15) is 9.59 Å². The van der Waals surface area contributed by atoms with Crippen LogP contribution < -0.4 is 5.32 Å². The van der Waals surface area contributed by atoms with Crippen molar-refractivity contribution in [1.29, 1.82) is 0 Å². The van der Waals surface area contributed by atoms with Crippen LogP contribution in [0.2, 0.25) is 0 Å². The smallest absolute Gasteiger partial charge is 0.336 e. The molecule has 1 unspecified atom stereocenters. The number of carbonyl (C=O) groups excluding carboxylic acids is 2. The minimum Gasteiger partial charge on any atom is -0.462 e. The molecule has 1 N–H and O–H groups in total. The van der Waals surface area contributed by atoms with E-state index in [1.807, 2.05) is 19.1 Å². The summed E-state index contributed by atoms with van der Waals surface area (Å²) in [5.41, 5.74) is 3.75. The molecule has 1 aromatic rings. The average Bonchev–Trinajstić information content (AvgIpc) is 2.63. The van der Waals surface area contributed by atoms with Gasteiger partial charge in [0.05, 0.1) is 12.2 Å². The molecule has 150 valence electrons. The molecule has 2 heterocycles. The molecule has 0 aromatic carbocycles. The van der Waals surface area contributed by atoms with Gasteiger partial charge in [-0.3, -0.25) is 9.78 Å². The fourth-order valence-corrected chi connectivity index (χ4v) is 4.19. The molecule has 0 fully saturated rings. The molecule has 1 aliphatic heterocycles. The minimum atomic E-state index is -0.401. The summed E-state index contributed by atoms with van der Waals surface area (Å²) in [6.07, 6.45) is 7.62. The maximum Gasteiger partial charge on any atom is 0.336 e. The van der Waals surface area contributed by atoms with Crippen LogP contribution in [0.25, 0.3) is 0 Å². The Labute approximate surface area is 167 Å². The Hall–Kier alpha value is -2.43. The lowest BCUT2D eigenvalue weighted by atomic mass is 9.68. The first-order valence-corrected chi connectivity index (χ1v) is 10.1. The summed E-state index contributed by atoms with van der Waals surface area (Å²) in [6.45, 7) is 8.62. The molecule has 3 rings (SSSR count). The number of pyridine rings is 1. The van der Waals surface area contributed by atoms with Crippen molar-refractivity contribution in [3.05, 3.63) is 52.6 Å². The number of nitrogens with one attached hydrogen (secondary N) is 1. The number of esters is 1. The van der Waals surface area contributed by atoms with E-state index in [0.29, 0.717) is 24.2 Å². The van der Waals surface area contributed by atoms with Crippen molar-refractivity contribution in [2.75, 3.05) is 6.61 Å². The number of allylic oxidation sites excluding steroid dienone is 3. The molecule has 0 bridgehead atoms. The van der Waals surface area contributed by atoms with Crippen LogP contribution in [-0.4, -0.2) is 23.3 Å². The Kier molecular flexibility index (Phi) is 6.01. The Balaban J connectivity index is 1.99. The molecule has 2 aliphatic rings. The first-order valence-electron chi connectivity index (χ1n) is 10.1. The van der Waals surface area contributed by atoms with Crippen LogP contribution in [0.15, 0.2) is 47.1 Å². The summed E-state index contributed by atoms with van der Waals surface area (Å²) >= 11 is 0. The van der Waals surface area contributed by atoms with Gasteiger partial charge in [0.25, 0.3) is 0 Å². The van der Waals surface area contributed by atoms with Gasteiger partial charge in [0, 0.05) is 41.7 Å². The topological polar surface area (TPSA) is 68.3 Å². The SMILES string of the molecule is CCCCCOC(=O)C1=C(C)NC2=C(C(=O)CC(C)(C)C2)C1c1ccncc1. The standard InChI is InChI=1S/C23H30N2O3/c1-5-6-7-12-28-22(27)19-15(2)25-17-13-23(3,4)14-18(26)21(17)20(19)16-8-10-24-11-9-16/h8-11,20,25H,5-7,12-14H2,1-4H3. The van der Waals surface area contributed by atoms with Gasteiger partial charge in [-0.15, -0.1) is 0 Å². The molecular formula is C23H30N2O3. The molecule has 28 heavy (non-hydrogen) atoms. The lowest BCUT2D eigenvalue weighted by Gasteiger charge is -2.39. The molecule has 0 radical (unpaired) electrons. The highest BCUT2D eigenvalue weighted by molar-refractivity contribution is 6.04. The van der Waals surface area contributed by atoms with E-state index in [0.717, 1.165) is 42.6 Å². The van der Waals surface area contributed by atoms with Gasteiger partial charge in [-0.05, 0) is 42.9 Å². The minimum absolute atomic E-state index is 0.0931. The highest BCUT2D eigenvalue weighted by atomic mass is 16.5. The zero-order chi connectivity index (χ0) is 20.3. The van der Waals surface area contributed by atoms with Gasteiger partial charge in [0.1, 0.15) is 0 Å². The normalized spacial score (nSPS) is 21.3. The summed E-state index contributed by atoms with van der Waals surface area (Å²) < 4.78 is 5.58. The van der Waals surface area contributed by atoms with Crippen LogP contribution in [0.5, 0.6) is 0 Å². The number of dihydropyridines is 1. The number of aromatic nitrogens is 1. The largest absolute Gasteiger partial charge is 0.462 e. The molecular weight excluding hydrogens is 352 g/mol. The van der Waals surface area contributed by atoms with Gasteiger partial charge in [0.15, 0.2) is 5.78 Å².